The molecule has 1 unspecified atom stereocenters. The number of rotatable bonds is 5. The maximum Gasteiger partial charge on any atom is 0.391 e. The summed E-state index contributed by atoms with van der Waals surface area (Å²) in [6.45, 7) is 6.37. The van der Waals surface area contributed by atoms with Crippen molar-refractivity contribution >= 4 is 0 Å². The van der Waals surface area contributed by atoms with Crippen LogP contribution in [0.3, 0.4) is 0 Å². The van der Waals surface area contributed by atoms with Gasteiger partial charge in [-0.1, -0.05) is 6.92 Å². The number of nitrogens with zero attached hydrogens (tertiary/aromatic N) is 1. The van der Waals surface area contributed by atoms with E-state index in [0.29, 0.717) is 6.54 Å². The van der Waals surface area contributed by atoms with E-state index in [1.807, 2.05) is 20.8 Å². The van der Waals surface area contributed by atoms with Crippen molar-refractivity contribution in [1.29, 1.82) is 0 Å². The number of hydrogen-bond donors (Lipinski definition) is 1. The molecule has 0 spiro atoms. The monoisotopic (exact) mass is 272 g/mol. The standard InChI is InChI=1S/C9H18F3NO.Co/c1-4-13(7(2)3)6-8(14)5-9(10,11)12;/h7-8,14H,4-6H2,1-3H3;. The quantitative estimate of drug-likeness (QED) is 0.827. The van der Waals surface area contributed by atoms with E-state index in [1.54, 1.807) is 4.90 Å². The summed E-state index contributed by atoms with van der Waals surface area (Å²) >= 11 is 0. The molecule has 0 heterocycles. The summed E-state index contributed by atoms with van der Waals surface area (Å²) < 4.78 is 35.6. The normalized spacial score (nSPS) is 14.2. The molecule has 0 saturated carbocycles. The van der Waals surface area contributed by atoms with Crippen molar-refractivity contribution in [2.24, 2.45) is 0 Å². The Labute approximate surface area is 99.0 Å². The Kier molecular flexibility index (Phi) is 8.78. The van der Waals surface area contributed by atoms with Crippen LogP contribution in [0.2, 0.25) is 0 Å². The van der Waals surface area contributed by atoms with Crippen LogP contribution in [0.25, 0.3) is 0 Å². The Morgan fingerprint density at radius 1 is 1.27 bits per heavy atom. The second-order valence-electron chi connectivity index (χ2n) is 3.65. The molecule has 2 nitrogen and oxygen atoms in total. The predicted octanol–water partition coefficient (Wildman–Crippen LogP) is 2.03. The van der Waals surface area contributed by atoms with Gasteiger partial charge in [-0.25, -0.2) is 0 Å². The summed E-state index contributed by atoms with van der Waals surface area (Å²) in [6, 6.07) is 0.155. The maximum absolute atomic E-state index is 11.9. The second-order valence-corrected chi connectivity index (χ2v) is 3.65. The molecule has 0 aliphatic heterocycles. The molecule has 0 bridgehead atoms. The zero-order chi connectivity index (χ0) is 11.4. The summed E-state index contributed by atoms with van der Waals surface area (Å²) in [5.74, 6) is 0. The third-order valence-corrected chi connectivity index (χ3v) is 2.05. The van der Waals surface area contributed by atoms with E-state index < -0.39 is 18.7 Å². The van der Waals surface area contributed by atoms with Crippen LogP contribution in [0, 0.1) is 0 Å². The third kappa shape index (κ3) is 9.16. The Bertz CT molecular complexity index is 164. The topological polar surface area (TPSA) is 23.5 Å². The largest absolute Gasteiger partial charge is 0.391 e. The van der Waals surface area contributed by atoms with Crippen LogP contribution < -0.4 is 0 Å². The fourth-order valence-electron chi connectivity index (χ4n) is 1.31. The first-order chi connectivity index (χ1) is 6.26. The van der Waals surface area contributed by atoms with Crippen LogP contribution in [0.5, 0.6) is 0 Å². The number of halogens is 3. The molecule has 0 aliphatic rings. The summed E-state index contributed by atoms with van der Waals surface area (Å²) in [5.41, 5.74) is 0. The smallest absolute Gasteiger partial charge is 0.391 e. The van der Waals surface area contributed by atoms with Crippen LogP contribution in [0.1, 0.15) is 27.2 Å². The number of likely N-dealkylation sites (N-methyl/N-ethyl adjacent to an activating group) is 1. The van der Waals surface area contributed by atoms with Crippen molar-refractivity contribution < 1.29 is 35.1 Å². The van der Waals surface area contributed by atoms with Crippen molar-refractivity contribution in [2.45, 2.75) is 45.5 Å². The molecule has 0 amide bonds. The van der Waals surface area contributed by atoms with E-state index in [9.17, 15) is 18.3 Å². The van der Waals surface area contributed by atoms with E-state index in [-0.39, 0.29) is 29.4 Å². The number of aliphatic hydroxyl groups excluding tert-OH is 1. The Morgan fingerprint density at radius 3 is 2.00 bits per heavy atom. The first-order valence-corrected chi connectivity index (χ1v) is 4.75. The molecular weight excluding hydrogens is 254 g/mol. The van der Waals surface area contributed by atoms with Crippen molar-refractivity contribution in [3.63, 3.8) is 0 Å². The van der Waals surface area contributed by atoms with E-state index in [1.165, 1.54) is 0 Å². The van der Waals surface area contributed by atoms with E-state index in [4.69, 9.17) is 0 Å². The molecule has 95 valence electrons. The van der Waals surface area contributed by atoms with Gasteiger partial charge in [-0.3, -0.25) is 4.90 Å². The van der Waals surface area contributed by atoms with Crippen LogP contribution in [-0.4, -0.2) is 41.4 Å². The number of aliphatic hydroxyl groups is 1. The molecular formula is C9H18CoF3NO. The first-order valence-electron chi connectivity index (χ1n) is 4.75. The third-order valence-electron chi connectivity index (χ3n) is 2.05. The fraction of sp³-hybridized carbons (Fsp3) is 1.00. The minimum absolute atomic E-state index is 0. The van der Waals surface area contributed by atoms with Crippen molar-refractivity contribution in [3.05, 3.63) is 0 Å². The summed E-state index contributed by atoms with van der Waals surface area (Å²) in [5, 5.41) is 9.17. The van der Waals surface area contributed by atoms with Gasteiger partial charge in [-0.2, -0.15) is 13.2 Å². The Balaban J connectivity index is 0. The van der Waals surface area contributed by atoms with Gasteiger partial charge in [-0.15, -0.1) is 0 Å². The van der Waals surface area contributed by atoms with Gasteiger partial charge < -0.3 is 5.11 Å². The minimum Gasteiger partial charge on any atom is -0.391 e. The zero-order valence-electron chi connectivity index (χ0n) is 9.14. The molecule has 0 saturated heterocycles. The molecule has 0 rings (SSSR count). The zero-order valence-corrected chi connectivity index (χ0v) is 10.2. The minimum atomic E-state index is -4.28. The van der Waals surface area contributed by atoms with Crippen LogP contribution in [0.4, 0.5) is 13.2 Å². The molecule has 1 radical (unpaired) electrons. The molecule has 0 aromatic carbocycles. The van der Waals surface area contributed by atoms with Gasteiger partial charge in [0.1, 0.15) is 0 Å². The molecule has 0 aromatic heterocycles. The summed E-state index contributed by atoms with van der Waals surface area (Å²) in [7, 11) is 0. The average molecular weight is 272 g/mol. The molecule has 0 fully saturated rings. The van der Waals surface area contributed by atoms with Crippen molar-refractivity contribution in [3.8, 4) is 0 Å². The number of alkyl halides is 3. The Morgan fingerprint density at radius 2 is 1.73 bits per heavy atom. The van der Waals surface area contributed by atoms with Crippen LogP contribution >= 0.6 is 0 Å². The number of hydrogen-bond acceptors (Lipinski definition) is 2. The van der Waals surface area contributed by atoms with E-state index >= 15 is 0 Å². The summed E-state index contributed by atoms with van der Waals surface area (Å²) in [4.78, 5) is 1.80. The van der Waals surface area contributed by atoms with Gasteiger partial charge in [0.15, 0.2) is 0 Å². The fourth-order valence-corrected chi connectivity index (χ4v) is 1.31. The SMILES string of the molecule is CCN(CC(O)CC(F)(F)F)C(C)C.[Co]. The van der Waals surface area contributed by atoms with Gasteiger partial charge in [-0.05, 0) is 20.4 Å². The van der Waals surface area contributed by atoms with Gasteiger partial charge >= 0.3 is 6.18 Å². The molecule has 15 heavy (non-hydrogen) atoms. The van der Waals surface area contributed by atoms with Crippen LogP contribution in [-0.2, 0) is 16.8 Å². The second kappa shape index (κ2) is 7.48. The average Bonchev–Trinajstić information content (AvgIpc) is 1.96. The first kappa shape index (κ1) is 17.6. The summed E-state index contributed by atoms with van der Waals surface area (Å²) in [6.07, 6.45) is -6.73. The van der Waals surface area contributed by atoms with Gasteiger partial charge in [0.25, 0.3) is 0 Å². The van der Waals surface area contributed by atoms with Crippen LogP contribution in [0.15, 0.2) is 0 Å². The van der Waals surface area contributed by atoms with Crippen molar-refractivity contribution in [2.75, 3.05) is 13.1 Å². The van der Waals surface area contributed by atoms with E-state index in [2.05, 4.69) is 0 Å². The van der Waals surface area contributed by atoms with Gasteiger partial charge in [0.05, 0.1) is 12.5 Å². The Hall–Kier alpha value is 0.216. The van der Waals surface area contributed by atoms with Gasteiger partial charge in [0, 0.05) is 29.4 Å². The van der Waals surface area contributed by atoms with E-state index in [0.717, 1.165) is 0 Å². The molecule has 6 heteroatoms. The molecule has 1 N–H and O–H groups in total. The van der Waals surface area contributed by atoms with Gasteiger partial charge in [0.2, 0.25) is 0 Å². The van der Waals surface area contributed by atoms with Crippen molar-refractivity contribution in [1.82, 2.24) is 4.90 Å². The molecule has 0 aliphatic carbocycles. The molecule has 1 atom stereocenters. The predicted molar refractivity (Wildman–Crippen MR) is 49.1 cm³/mol. The maximum atomic E-state index is 11.9. The molecule has 0 aromatic rings.